The molecule has 1 unspecified atom stereocenters. The van der Waals surface area contributed by atoms with E-state index in [0.717, 1.165) is 47.4 Å². The predicted octanol–water partition coefficient (Wildman–Crippen LogP) is 4.84. The number of amides is 1. The first kappa shape index (κ1) is 17.9. The summed E-state index contributed by atoms with van der Waals surface area (Å²) in [5, 5.41) is 0. The zero-order chi connectivity index (χ0) is 19.3. The van der Waals surface area contributed by atoms with Crippen LogP contribution in [-0.2, 0) is 17.5 Å². The molecule has 6 heteroatoms. The Balaban J connectivity index is 1.82. The van der Waals surface area contributed by atoms with Crippen LogP contribution in [0.25, 0.3) is 0 Å². The van der Waals surface area contributed by atoms with Gasteiger partial charge in [0, 0.05) is 6.54 Å². The molecule has 0 N–H and O–H groups in total. The van der Waals surface area contributed by atoms with E-state index >= 15 is 0 Å². The number of rotatable bonds is 2. The van der Waals surface area contributed by atoms with Crippen LogP contribution in [0.2, 0.25) is 0 Å². The Kier molecular flexibility index (Phi) is 4.17. The number of hydrogen-bond donors (Lipinski definition) is 0. The second-order valence-corrected chi connectivity index (χ2v) is 7.41. The Labute approximate surface area is 156 Å². The van der Waals surface area contributed by atoms with E-state index in [-0.39, 0.29) is 18.5 Å². The Morgan fingerprint density at radius 3 is 2.59 bits per heavy atom. The molecule has 27 heavy (non-hydrogen) atoms. The zero-order valence-electron chi connectivity index (χ0n) is 15.3. The number of alkyl halides is 3. The van der Waals surface area contributed by atoms with Gasteiger partial charge in [0.05, 0.1) is 23.5 Å². The molecular weight excluding hydrogens is 353 g/mol. The van der Waals surface area contributed by atoms with Gasteiger partial charge in [0.25, 0.3) is 0 Å². The van der Waals surface area contributed by atoms with Crippen LogP contribution in [0, 0.1) is 13.8 Å². The number of hydrogen-bond acceptors (Lipinski definition) is 2. The summed E-state index contributed by atoms with van der Waals surface area (Å²) in [5.74, 6) is -0.111. The van der Waals surface area contributed by atoms with E-state index in [2.05, 4.69) is 0 Å². The van der Waals surface area contributed by atoms with Crippen molar-refractivity contribution in [3.8, 4) is 0 Å². The van der Waals surface area contributed by atoms with Crippen molar-refractivity contribution in [1.29, 1.82) is 0 Å². The number of anilines is 2. The SMILES string of the molecule is Cc1ccc(C)c(CN2C(=O)C3CCCN3c3ccc(C(F)(F)F)cc32)c1. The maximum absolute atomic E-state index is 13.3. The van der Waals surface area contributed by atoms with E-state index in [0.29, 0.717) is 12.2 Å². The van der Waals surface area contributed by atoms with Crippen molar-refractivity contribution in [2.75, 3.05) is 16.3 Å². The lowest BCUT2D eigenvalue weighted by Gasteiger charge is -2.40. The van der Waals surface area contributed by atoms with Gasteiger partial charge in [-0.25, -0.2) is 0 Å². The molecule has 1 saturated heterocycles. The highest BCUT2D eigenvalue weighted by Crippen LogP contribution is 2.43. The summed E-state index contributed by atoms with van der Waals surface area (Å²) < 4.78 is 39.8. The Morgan fingerprint density at radius 2 is 1.85 bits per heavy atom. The molecule has 2 aromatic rings. The standard InChI is InChI=1S/C21H21F3N2O/c1-13-5-6-14(2)15(10-13)12-26-19-11-16(21(22,23)24)7-8-17(19)25-9-3-4-18(25)20(26)27/h5-8,10-11,18H,3-4,9,12H2,1-2H3. The molecule has 142 valence electrons. The number of benzene rings is 2. The van der Waals surface area contributed by atoms with Crippen LogP contribution in [-0.4, -0.2) is 18.5 Å². The first-order valence-corrected chi connectivity index (χ1v) is 9.11. The molecule has 0 bridgehead atoms. The number of aryl methyl sites for hydroxylation is 2. The van der Waals surface area contributed by atoms with Gasteiger partial charge in [-0.15, -0.1) is 0 Å². The lowest BCUT2D eigenvalue weighted by Crippen LogP contribution is -2.50. The highest BCUT2D eigenvalue weighted by molar-refractivity contribution is 6.06. The number of carbonyl (C=O) groups is 1. The molecular formula is C21H21F3N2O. The van der Waals surface area contributed by atoms with Crippen LogP contribution in [0.1, 0.15) is 35.1 Å². The largest absolute Gasteiger partial charge is 0.416 e. The predicted molar refractivity (Wildman–Crippen MR) is 98.9 cm³/mol. The van der Waals surface area contributed by atoms with Crippen LogP contribution in [0.4, 0.5) is 24.5 Å². The number of nitrogens with zero attached hydrogens (tertiary/aromatic N) is 2. The second-order valence-electron chi connectivity index (χ2n) is 7.41. The van der Waals surface area contributed by atoms with Gasteiger partial charge in [-0.2, -0.15) is 13.2 Å². The van der Waals surface area contributed by atoms with Gasteiger partial charge in [0.1, 0.15) is 6.04 Å². The minimum Gasteiger partial charge on any atom is -0.358 e. The van der Waals surface area contributed by atoms with Gasteiger partial charge in [0.2, 0.25) is 5.91 Å². The Morgan fingerprint density at radius 1 is 1.07 bits per heavy atom. The summed E-state index contributed by atoms with van der Waals surface area (Å²) in [6.45, 7) is 4.91. The molecule has 1 atom stereocenters. The molecule has 2 aromatic carbocycles. The summed E-state index contributed by atoms with van der Waals surface area (Å²) in [4.78, 5) is 16.6. The van der Waals surface area contributed by atoms with E-state index < -0.39 is 11.7 Å². The maximum atomic E-state index is 13.3. The van der Waals surface area contributed by atoms with Crippen molar-refractivity contribution >= 4 is 17.3 Å². The van der Waals surface area contributed by atoms with Gasteiger partial charge < -0.3 is 9.80 Å². The molecule has 2 aliphatic heterocycles. The molecule has 0 radical (unpaired) electrons. The average Bonchev–Trinajstić information content (AvgIpc) is 3.10. The zero-order valence-corrected chi connectivity index (χ0v) is 15.3. The van der Waals surface area contributed by atoms with Gasteiger partial charge in [-0.05, 0) is 56.0 Å². The van der Waals surface area contributed by atoms with E-state index in [1.807, 2.05) is 36.9 Å². The molecule has 1 fully saturated rings. The van der Waals surface area contributed by atoms with Gasteiger partial charge >= 0.3 is 6.18 Å². The topological polar surface area (TPSA) is 23.6 Å². The van der Waals surface area contributed by atoms with E-state index in [1.54, 1.807) is 4.90 Å². The van der Waals surface area contributed by atoms with Crippen molar-refractivity contribution in [2.45, 2.75) is 45.5 Å². The van der Waals surface area contributed by atoms with Crippen molar-refractivity contribution in [3.63, 3.8) is 0 Å². The first-order valence-electron chi connectivity index (χ1n) is 9.11. The van der Waals surface area contributed by atoms with Crippen LogP contribution in [0.5, 0.6) is 0 Å². The van der Waals surface area contributed by atoms with Crippen molar-refractivity contribution in [1.82, 2.24) is 0 Å². The molecule has 3 nitrogen and oxygen atoms in total. The number of fused-ring (bicyclic) bond motifs is 3. The van der Waals surface area contributed by atoms with Crippen LogP contribution in [0.3, 0.4) is 0 Å². The monoisotopic (exact) mass is 374 g/mol. The van der Waals surface area contributed by atoms with E-state index in [9.17, 15) is 18.0 Å². The fourth-order valence-electron chi connectivity index (χ4n) is 4.07. The Hall–Kier alpha value is -2.50. The Bertz CT molecular complexity index is 907. The highest BCUT2D eigenvalue weighted by atomic mass is 19.4. The molecule has 0 saturated carbocycles. The molecule has 4 rings (SSSR count). The van der Waals surface area contributed by atoms with Gasteiger partial charge in [-0.3, -0.25) is 4.79 Å². The first-order chi connectivity index (χ1) is 12.8. The maximum Gasteiger partial charge on any atom is 0.416 e. The summed E-state index contributed by atoms with van der Waals surface area (Å²) in [6.07, 6.45) is -2.83. The van der Waals surface area contributed by atoms with E-state index in [4.69, 9.17) is 0 Å². The lowest BCUT2D eigenvalue weighted by atomic mass is 10.0. The molecule has 1 amide bonds. The second kappa shape index (κ2) is 6.29. The number of carbonyl (C=O) groups excluding carboxylic acids is 1. The summed E-state index contributed by atoms with van der Waals surface area (Å²) in [7, 11) is 0. The smallest absolute Gasteiger partial charge is 0.358 e. The van der Waals surface area contributed by atoms with Crippen molar-refractivity contribution < 1.29 is 18.0 Å². The summed E-state index contributed by atoms with van der Waals surface area (Å²) >= 11 is 0. The minimum atomic E-state index is -4.44. The summed E-state index contributed by atoms with van der Waals surface area (Å²) in [6, 6.07) is 9.43. The third-order valence-electron chi connectivity index (χ3n) is 5.54. The minimum absolute atomic E-state index is 0.111. The quantitative estimate of drug-likeness (QED) is 0.751. The normalized spacial score (nSPS) is 19.3. The molecule has 0 spiro atoms. The third kappa shape index (κ3) is 3.07. The fourth-order valence-corrected chi connectivity index (χ4v) is 4.07. The molecule has 2 heterocycles. The summed E-state index contributed by atoms with van der Waals surface area (Å²) in [5.41, 5.74) is 3.39. The van der Waals surface area contributed by atoms with Crippen molar-refractivity contribution in [3.05, 3.63) is 58.7 Å². The van der Waals surface area contributed by atoms with Gasteiger partial charge in [0.15, 0.2) is 0 Å². The fraction of sp³-hybridized carbons (Fsp3) is 0.381. The average molecular weight is 374 g/mol. The van der Waals surface area contributed by atoms with Crippen molar-refractivity contribution in [2.24, 2.45) is 0 Å². The van der Waals surface area contributed by atoms with Crippen LogP contribution >= 0.6 is 0 Å². The molecule has 2 aliphatic rings. The third-order valence-corrected chi connectivity index (χ3v) is 5.54. The van der Waals surface area contributed by atoms with Gasteiger partial charge in [-0.1, -0.05) is 23.8 Å². The highest BCUT2D eigenvalue weighted by Gasteiger charge is 2.42. The lowest BCUT2D eigenvalue weighted by molar-refractivity contribution is -0.137. The molecule has 0 aliphatic carbocycles. The van der Waals surface area contributed by atoms with Crippen LogP contribution < -0.4 is 9.80 Å². The van der Waals surface area contributed by atoms with Crippen LogP contribution in [0.15, 0.2) is 36.4 Å². The van der Waals surface area contributed by atoms with E-state index in [1.165, 1.54) is 6.07 Å². The molecule has 0 aromatic heterocycles. The number of halogens is 3.